The molecule has 1 aliphatic rings. The van der Waals surface area contributed by atoms with Gasteiger partial charge in [0, 0.05) is 31.1 Å². The van der Waals surface area contributed by atoms with E-state index in [1.165, 1.54) is 11.6 Å². The Morgan fingerprint density at radius 1 is 1.10 bits per heavy atom. The van der Waals surface area contributed by atoms with E-state index in [4.69, 9.17) is 5.11 Å². The molecule has 1 aliphatic heterocycles. The van der Waals surface area contributed by atoms with Crippen LogP contribution in [0.4, 0.5) is 18.9 Å². The van der Waals surface area contributed by atoms with Crippen LogP contribution < -0.4 is 10.2 Å². The van der Waals surface area contributed by atoms with Gasteiger partial charge in [-0.1, -0.05) is 67.3 Å². The van der Waals surface area contributed by atoms with Gasteiger partial charge in [-0.3, -0.25) is 0 Å². The fourth-order valence-corrected chi connectivity index (χ4v) is 5.18. The molecule has 4 rings (SSSR count). The van der Waals surface area contributed by atoms with E-state index in [1.54, 1.807) is 30.3 Å². The molecule has 0 saturated carbocycles. The highest BCUT2D eigenvalue weighted by Crippen LogP contribution is 2.42. The van der Waals surface area contributed by atoms with E-state index in [2.05, 4.69) is 41.9 Å². The molecule has 0 amide bonds. The number of hydrogen-bond acceptors (Lipinski definition) is 3. The predicted molar refractivity (Wildman–Crippen MR) is 150 cm³/mol. The Bertz CT molecular complexity index is 1390. The van der Waals surface area contributed by atoms with Crippen molar-refractivity contribution in [3.05, 3.63) is 125 Å². The molecule has 2 N–H and O–H groups in total. The fourth-order valence-electron chi connectivity index (χ4n) is 5.18. The first-order valence-corrected chi connectivity index (χ1v) is 12.7. The molecular formula is C32H31F3N2O2. The Kier molecular flexibility index (Phi) is 8.29. The second kappa shape index (κ2) is 11.6. The van der Waals surface area contributed by atoms with Gasteiger partial charge in [-0.05, 0) is 70.5 Å². The molecule has 3 aromatic rings. The molecule has 0 aliphatic carbocycles. The summed E-state index contributed by atoms with van der Waals surface area (Å²) in [7, 11) is 1.84. The van der Waals surface area contributed by atoms with E-state index >= 15 is 0 Å². The van der Waals surface area contributed by atoms with Gasteiger partial charge < -0.3 is 15.3 Å². The predicted octanol–water partition coefficient (Wildman–Crippen LogP) is 7.18. The van der Waals surface area contributed by atoms with Crippen LogP contribution >= 0.6 is 0 Å². The molecule has 4 nitrogen and oxygen atoms in total. The molecule has 0 fully saturated rings. The molecule has 1 heterocycles. The topological polar surface area (TPSA) is 52.6 Å². The number of rotatable bonds is 8. The van der Waals surface area contributed by atoms with Crippen molar-refractivity contribution in [3.63, 3.8) is 0 Å². The Labute approximate surface area is 226 Å². The number of benzene rings is 3. The summed E-state index contributed by atoms with van der Waals surface area (Å²) in [6.07, 6.45) is 1.87. The summed E-state index contributed by atoms with van der Waals surface area (Å²) in [5.74, 6) is -1.02. The standard InChI is InChI=1S/C32H31F3N2O2/c1-4-24(20-36-3)26-12-15-29-27(18-26)17-21(2)37(28-13-7-23(8-14-28)19-32(33,34)35)31(29)25-10-5-22(6-11-25)9-16-30(38)39/h4-16,18,20-21,31,36H,1,17,19H2,2-3H3,(H,38,39)/b16-9+,24-20+. The zero-order valence-electron chi connectivity index (χ0n) is 21.9. The van der Waals surface area contributed by atoms with Gasteiger partial charge in [0.15, 0.2) is 0 Å². The highest BCUT2D eigenvalue weighted by Gasteiger charge is 2.34. The maximum absolute atomic E-state index is 12.9. The van der Waals surface area contributed by atoms with Crippen molar-refractivity contribution in [2.75, 3.05) is 11.9 Å². The first kappa shape index (κ1) is 27.8. The molecule has 2 atom stereocenters. The monoisotopic (exact) mass is 532 g/mol. The van der Waals surface area contributed by atoms with Gasteiger partial charge in [-0.15, -0.1) is 0 Å². The molecule has 0 saturated heterocycles. The third-order valence-corrected chi connectivity index (χ3v) is 6.87. The lowest BCUT2D eigenvalue weighted by molar-refractivity contribution is -0.131. The Balaban J connectivity index is 1.80. The molecule has 202 valence electrons. The van der Waals surface area contributed by atoms with Crippen molar-refractivity contribution in [2.45, 2.75) is 38.0 Å². The zero-order valence-corrected chi connectivity index (χ0v) is 21.9. The summed E-state index contributed by atoms with van der Waals surface area (Å²) < 4.78 is 38.8. The molecule has 39 heavy (non-hydrogen) atoms. The lowest BCUT2D eigenvalue weighted by Gasteiger charge is -2.44. The zero-order chi connectivity index (χ0) is 28.2. The van der Waals surface area contributed by atoms with Crippen molar-refractivity contribution < 1.29 is 23.1 Å². The molecular weight excluding hydrogens is 501 g/mol. The van der Waals surface area contributed by atoms with Crippen LogP contribution in [0.3, 0.4) is 0 Å². The van der Waals surface area contributed by atoms with Crippen LogP contribution in [0.25, 0.3) is 11.6 Å². The van der Waals surface area contributed by atoms with Crippen molar-refractivity contribution >= 4 is 23.3 Å². The average Bonchev–Trinajstić information content (AvgIpc) is 2.89. The van der Waals surface area contributed by atoms with Gasteiger partial charge in [0.1, 0.15) is 0 Å². The number of carboxylic acids is 1. The van der Waals surface area contributed by atoms with Gasteiger partial charge in [0.25, 0.3) is 0 Å². The van der Waals surface area contributed by atoms with Crippen LogP contribution in [0, 0.1) is 0 Å². The minimum absolute atomic E-state index is 0.0539. The van der Waals surface area contributed by atoms with Crippen molar-refractivity contribution in [2.24, 2.45) is 0 Å². The number of anilines is 1. The number of carboxylic acid groups (broad SMARTS) is 1. The van der Waals surface area contributed by atoms with E-state index in [-0.39, 0.29) is 17.6 Å². The third kappa shape index (κ3) is 6.60. The quantitative estimate of drug-likeness (QED) is 0.238. The summed E-state index contributed by atoms with van der Waals surface area (Å²) in [5.41, 5.74) is 7.13. The van der Waals surface area contributed by atoms with Crippen LogP contribution in [0.1, 0.15) is 46.3 Å². The van der Waals surface area contributed by atoms with Crippen molar-refractivity contribution in [1.29, 1.82) is 0 Å². The number of fused-ring (bicyclic) bond motifs is 1. The van der Waals surface area contributed by atoms with Crippen LogP contribution in [0.2, 0.25) is 0 Å². The van der Waals surface area contributed by atoms with Gasteiger partial charge in [-0.25, -0.2) is 4.79 Å². The molecule has 0 bridgehead atoms. The minimum atomic E-state index is -4.26. The van der Waals surface area contributed by atoms with Crippen LogP contribution in [0.15, 0.2) is 91.7 Å². The first-order valence-electron chi connectivity index (χ1n) is 12.7. The number of nitrogens with one attached hydrogen (secondary N) is 1. The number of allylic oxidation sites excluding steroid dienone is 2. The average molecular weight is 533 g/mol. The van der Waals surface area contributed by atoms with E-state index < -0.39 is 18.6 Å². The highest BCUT2D eigenvalue weighted by atomic mass is 19.4. The third-order valence-electron chi connectivity index (χ3n) is 6.87. The van der Waals surface area contributed by atoms with Gasteiger partial charge in [-0.2, -0.15) is 13.2 Å². The van der Waals surface area contributed by atoms with E-state index in [1.807, 2.05) is 37.5 Å². The smallest absolute Gasteiger partial charge is 0.393 e. The van der Waals surface area contributed by atoms with Crippen LogP contribution in [0.5, 0.6) is 0 Å². The van der Waals surface area contributed by atoms with Crippen molar-refractivity contribution in [3.8, 4) is 0 Å². The minimum Gasteiger partial charge on any atom is -0.478 e. The fraction of sp³-hybridized carbons (Fsp3) is 0.219. The SMILES string of the molecule is C=C/C(=C\NC)c1ccc2c(c1)CC(C)N(c1ccc(CC(F)(F)F)cc1)C2c1ccc(/C=C/C(=O)O)cc1. The maximum atomic E-state index is 12.9. The van der Waals surface area contributed by atoms with Crippen molar-refractivity contribution in [1.82, 2.24) is 5.32 Å². The van der Waals surface area contributed by atoms with Gasteiger partial charge in [0.2, 0.25) is 0 Å². The molecule has 2 unspecified atom stereocenters. The molecule has 7 heteroatoms. The largest absolute Gasteiger partial charge is 0.478 e. The summed E-state index contributed by atoms with van der Waals surface area (Å²) in [6.45, 7) is 6.05. The van der Waals surface area contributed by atoms with E-state index in [9.17, 15) is 18.0 Å². The van der Waals surface area contributed by atoms with Crippen LogP contribution in [-0.4, -0.2) is 30.3 Å². The number of aliphatic carboxylic acids is 1. The second-order valence-corrected chi connectivity index (χ2v) is 9.67. The molecule has 0 aromatic heterocycles. The normalized spacial score (nSPS) is 17.7. The van der Waals surface area contributed by atoms with E-state index in [0.717, 1.165) is 46.0 Å². The molecule has 0 spiro atoms. The summed E-state index contributed by atoms with van der Waals surface area (Å²) in [6, 6.07) is 20.5. The Morgan fingerprint density at radius 3 is 2.38 bits per heavy atom. The number of halogens is 3. The summed E-state index contributed by atoms with van der Waals surface area (Å²) in [4.78, 5) is 13.2. The number of carbonyl (C=O) groups is 1. The van der Waals surface area contributed by atoms with Gasteiger partial charge >= 0.3 is 12.1 Å². The summed E-state index contributed by atoms with van der Waals surface area (Å²) >= 11 is 0. The van der Waals surface area contributed by atoms with Crippen LogP contribution in [-0.2, 0) is 17.6 Å². The second-order valence-electron chi connectivity index (χ2n) is 9.67. The van der Waals surface area contributed by atoms with Gasteiger partial charge in [0.05, 0.1) is 12.5 Å². The summed E-state index contributed by atoms with van der Waals surface area (Å²) in [5, 5.41) is 12.0. The number of hydrogen-bond donors (Lipinski definition) is 2. The lowest BCUT2D eigenvalue weighted by Crippen LogP contribution is -2.43. The lowest BCUT2D eigenvalue weighted by atomic mass is 9.83. The Morgan fingerprint density at radius 2 is 1.79 bits per heavy atom. The highest BCUT2D eigenvalue weighted by molar-refractivity contribution is 5.85. The van der Waals surface area contributed by atoms with E-state index in [0.29, 0.717) is 0 Å². The first-order chi connectivity index (χ1) is 18.6. The molecule has 0 radical (unpaired) electrons. The molecule has 3 aromatic carbocycles. The Hall–Kier alpha value is -4.26. The number of alkyl halides is 3. The maximum Gasteiger partial charge on any atom is 0.393 e. The number of nitrogens with zero attached hydrogens (tertiary/aromatic N) is 1.